The summed E-state index contributed by atoms with van der Waals surface area (Å²) in [5, 5.41) is 4.86. The van der Waals surface area contributed by atoms with Gasteiger partial charge in [0.2, 0.25) is 0 Å². The molecule has 62 heavy (non-hydrogen) atoms. The van der Waals surface area contributed by atoms with Crippen molar-refractivity contribution in [1.29, 1.82) is 0 Å². The summed E-state index contributed by atoms with van der Waals surface area (Å²) >= 11 is 13.4. The maximum atomic E-state index is 4.73. The van der Waals surface area contributed by atoms with Crippen LogP contribution in [0.4, 0.5) is 0 Å². The molecule has 4 aromatic heterocycles. The lowest BCUT2D eigenvalue weighted by molar-refractivity contribution is 0.269. The predicted molar refractivity (Wildman–Crippen MR) is 259 cm³/mol. The van der Waals surface area contributed by atoms with Gasteiger partial charge < -0.3 is 19.6 Å². The maximum absolute atomic E-state index is 4.73. The number of unbranched alkanes of at least 4 members (excludes halogenated alkanes) is 2. The van der Waals surface area contributed by atoms with Crippen LogP contribution >= 0.6 is 94.0 Å². The third kappa shape index (κ3) is 9.88. The lowest BCUT2D eigenvalue weighted by Crippen LogP contribution is -2.25. The van der Waals surface area contributed by atoms with Gasteiger partial charge in [0.15, 0.2) is 0 Å². The summed E-state index contributed by atoms with van der Waals surface area (Å²) in [5.74, 6) is 10.3. The SMILES string of the molecule is C(CCSc1nsnc1C1CN2CCC1C2)CSc1nsnc1C1CN2CCCC1C2.C(CCSc1nsnc1C1CN2CCC1C2)CSc1nsnc1C1CN2CCCC1C2. The van der Waals surface area contributed by atoms with Crippen LogP contribution in [0.3, 0.4) is 0 Å². The molecule has 0 aliphatic carbocycles. The van der Waals surface area contributed by atoms with Crippen LogP contribution in [0.15, 0.2) is 20.1 Å². The van der Waals surface area contributed by atoms with Gasteiger partial charge in [0.25, 0.3) is 0 Å². The molecule has 12 atom stereocenters. The third-order valence-electron chi connectivity index (χ3n) is 15.2. The number of fused-ring (bicyclic) bond motifs is 8. The quantitative estimate of drug-likeness (QED) is 0.0700. The van der Waals surface area contributed by atoms with E-state index < -0.39 is 0 Å². The monoisotopic (exact) mass is 988 g/mol. The van der Waals surface area contributed by atoms with Crippen LogP contribution in [0.2, 0.25) is 0 Å². The van der Waals surface area contributed by atoms with E-state index >= 15 is 0 Å². The summed E-state index contributed by atoms with van der Waals surface area (Å²) in [6, 6.07) is 0. The topological polar surface area (TPSA) is 116 Å². The van der Waals surface area contributed by atoms with E-state index in [9.17, 15) is 0 Å². The highest BCUT2D eigenvalue weighted by Crippen LogP contribution is 2.45. The van der Waals surface area contributed by atoms with Crippen molar-refractivity contribution in [2.75, 3.05) is 102 Å². The summed E-state index contributed by atoms with van der Waals surface area (Å²) in [7, 11) is 0. The fourth-order valence-corrected chi connectivity index (χ4v) is 19.1. The maximum Gasteiger partial charge on any atom is 0.134 e. The van der Waals surface area contributed by atoms with Crippen molar-refractivity contribution >= 4 is 94.0 Å². The molecule has 0 saturated carbocycles. The molecule has 0 amide bonds. The minimum atomic E-state index is 0.622. The molecule has 12 nitrogen and oxygen atoms in total. The fourth-order valence-electron chi connectivity index (χ4n) is 12.0. The second kappa shape index (κ2) is 20.8. The van der Waals surface area contributed by atoms with E-state index in [2.05, 4.69) is 37.1 Å². The Balaban J connectivity index is 0.000000139. The van der Waals surface area contributed by atoms with Gasteiger partial charge in [-0.25, -0.2) is 0 Å². The second-order valence-corrected chi connectivity index (χ2v) is 25.4. The number of nitrogens with zero attached hydrogens (tertiary/aromatic N) is 12. The number of hydrogen-bond acceptors (Lipinski definition) is 20. The van der Waals surface area contributed by atoms with E-state index in [1.165, 1.54) is 233 Å². The normalized spacial score (nSPS) is 34.1. The van der Waals surface area contributed by atoms with Crippen LogP contribution < -0.4 is 0 Å². The fraction of sp³-hybridized carbons (Fsp3) is 0.810. The Morgan fingerprint density at radius 1 is 0.355 bits per heavy atom. The Labute approximate surface area is 401 Å². The first kappa shape index (κ1) is 44.0. The number of hydrogen-bond donors (Lipinski definition) is 0. The Hall–Kier alpha value is -0.520. The summed E-state index contributed by atoms with van der Waals surface area (Å²) in [4.78, 5) is 10.4. The van der Waals surface area contributed by atoms with Crippen LogP contribution in [-0.2, 0) is 0 Å². The highest BCUT2D eigenvalue weighted by molar-refractivity contribution is 8.00. The molecule has 20 heteroatoms. The Kier molecular flexibility index (Phi) is 14.7. The van der Waals surface area contributed by atoms with E-state index in [0.29, 0.717) is 23.7 Å². The molecule has 0 N–H and O–H groups in total. The second-order valence-electron chi connectivity index (χ2n) is 19.0. The Bertz CT molecular complexity index is 1920. The van der Waals surface area contributed by atoms with E-state index in [-0.39, 0.29) is 0 Å². The highest BCUT2D eigenvalue weighted by Gasteiger charge is 2.43. The summed E-state index contributed by atoms with van der Waals surface area (Å²) in [5.41, 5.74) is 5.21. The standard InChI is InChI=1S/2C21H30N6S4/c2*1(2-9-29-21-19(23-31-25-21)17-13-27-7-5-15(17)11-27)8-28-20-18(22-30-24-20)16-12-26-6-3-4-14(16)10-26/h2*14-17H,1-13H2. The smallest absolute Gasteiger partial charge is 0.134 e. The molecule has 12 heterocycles. The van der Waals surface area contributed by atoms with Crippen LogP contribution in [0, 0.1) is 23.7 Å². The first-order valence-electron chi connectivity index (χ1n) is 23.4. The minimum Gasteiger partial charge on any atom is -0.302 e. The molecular formula is C42H60N12S8. The molecule has 4 aromatic rings. The molecule has 0 radical (unpaired) electrons. The van der Waals surface area contributed by atoms with Crippen LogP contribution in [0.5, 0.6) is 0 Å². The average Bonchev–Trinajstić information content (AvgIpc) is 4.14. The van der Waals surface area contributed by atoms with Gasteiger partial charge >= 0.3 is 0 Å². The number of thioether (sulfide) groups is 4. The zero-order chi connectivity index (χ0) is 41.2. The van der Waals surface area contributed by atoms with Crippen LogP contribution in [0.25, 0.3) is 0 Å². The van der Waals surface area contributed by atoms with Gasteiger partial charge in [-0.3, -0.25) is 0 Å². The van der Waals surface area contributed by atoms with Gasteiger partial charge in [-0.05, 0) is 137 Å². The van der Waals surface area contributed by atoms with Crippen molar-refractivity contribution in [3.8, 4) is 0 Å². The van der Waals surface area contributed by atoms with Gasteiger partial charge in [0.05, 0.1) is 69.7 Å². The molecule has 0 spiro atoms. The van der Waals surface area contributed by atoms with Crippen LogP contribution in [0.1, 0.15) is 111 Å². The largest absolute Gasteiger partial charge is 0.302 e. The first-order valence-corrected chi connectivity index (χ1v) is 30.3. The lowest BCUT2D eigenvalue weighted by Gasteiger charge is -2.21. The molecular weight excluding hydrogens is 929 g/mol. The van der Waals surface area contributed by atoms with E-state index in [0.717, 1.165) is 46.7 Å². The minimum absolute atomic E-state index is 0.622. The van der Waals surface area contributed by atoms with Crippen LogP contribution in [-0.4, -0.2) is 156 Å². The Morgan fingerprint density at radius 3 is 0.919 bits per heavy atom. The van der Waals surface area contributed by atoms with Crippen molar-refractivity contribution in [2.24, 2.45) is 23.7 Å². The molecule has 336 valence electrons. The summed E-state index contributed by atoms with van der Waals surface area (Å²) in [6.45, 7) is 15.0. The molecule has 0 aromatic carbocycles. The summed E-state index contributed by atoms with van der Waals surface area (Å²) < 4.78 is 37.4. The lowest BCUT2D eigenvalue weighted by atomic mass is 9.89. The molecule has 12 rings (SSSR count). The van der Waals surface area contributed by atoms with E-state index in [4.69, 9.17) is 17.5 Å². The molecule has 8 aliphatic rings. The zero-order valence-electron chi connectivity index (χ0n) is 35.6. The molecule has 12 unspecified atom stereocenters. The first-order chi connectivity index (χ1) is 30.7. The van der Waals surface area contributed by atoms with Crippen molar-refractivity contribution < 1.29 is 0 Å². The molecule has 8 aliphatic heterocycles. The third-order valence-corrected chi connectivity index (χ3v) is 22.1. The van der Waals surface area contributed by atoms with Crippen molar-refractivity contribution in [2.45, 2.75) is 108 Å². The average molecular weight is 990 g/mol. The van der Waals surface area contributed by atoms with Crippen molar-refractivity contribution in [3.05, 3.63) is 22.8 Å². The highest BCUT2D eigenvalue weighted by atomic mass is 32.2. The van der Waals surface area contributed by atoms with Gasteiger partial charge in [0.1, 0.15) is 20.1 Å². The Morgan fingerprint density at radius 2 is 0.645 bits per heavy atom. The molecule has 8 saturated heterocycles. The van der Waals surface area contributed by atoms with Gasteiger partial charge in [-0.1, -0.05) is 0 Å². The molecule has 8 bridgehead atoms. The van der Waals surface area contributed by atoms with E-state index in [1.54, 1.807) is 0 Å². The number of aromatic nitrogens is 8. The van der Waals surface area contributed by atoms with E-state index in [1.807, 2.05) is 47.0 Å². The predicted octanol–water partition coefficient (Wildman–Crippen LogP) is 8.57. The summed E-state index contributed by atoms with van der Waals surface area (Å²) in [6.07, 6.45) is 13.0. The number of rotatable bonds is 18. The van der Waals surface area contributed by atoms with Gasteiger partial charge in [-0.15, -0.1) is 47.0 Å². The zero-order valence-corrected chi connectivity index (χ0v) is 42.2. The molecule has 8 fully saturated rings. The number of piperidine rings is 4. The van der Waals surface area contributed by atoms with Gasteiger partial charge in [-0.2, -0.15) is 35.0 Å². The van der Waals surface area contributed by atoms with Gasteiger partial charge in [0, 0.05) is 76.0 Å². The van der Waals surface area contributed by atoms with Crippen molar-refractivity contribution in [3.63, 3.8) is 0 Å². The van der Waals surface area contributed by atoms with Crippen molar-refractivity contribution in [1.82, 2.24) is 54.6 Å².